The van der Waals surface area contributed by atoms with Crippen molar-refractivity contribution in [2.45, 2.75) is 13.8 Å². The molecule has 2 aromatic carbocycles. The Labute approximate surface area is 121 Å². The lowest BCUT2D eigenvalue weighted by atomic mass is 10.1. The fraction of sp³-hybridized carbons (Fsp3) is 0.125. The van der Waals surface area contributed by atoms with Gasteiger partial charge in [0.05, 0.1) is 11.1 Å². The molecule has 0 atom stereocenters. The zero-order chi connectivity index (χ0) is 15.6. The lowest BCUT2D eigenvalue weighted by Gasteiger charge is -2.11. The summed E-state index contributed by atoms with van der Waals surface area (Å²) in [6.07, 6.45) is 0. The van der Waals surface area contributed by atoms with Crippen LogP contribution >= 0.6 is 0 Å². The molecule has 0 unspecified atom stereocenters. The van der Waals surface area contributed by atoms with Gasteiger partial charge in [-0.3, -0.25) is 0 Å². The van der Waals surface area contributed by atoms with Crippen LogP contribution in [-0.2, 0) is 0 Å². The van der Waals surface area contributed by atoms with E-state index in [1.807, 2.05) is 26.0 Å². The lowest BCUT2D eigenvalue weighted by Crippen LogP contribution is -2.08. The average Bonchev–Trinajstić information content (AvgIpc) is 2.43. The van der Waals surface area contributed by atoms with Crippen LogP contribution in [0, 0.1) is 13.8 Å². The molecule has 0 heterocycles. The molecule has 5 heteroatoms. The molecule has 0 aromatic heterocycles. The summed E-state index contributed by atoms with van der Waals surface area (Å²) in [5, 5.41) is 18.1. The molecule has 108 valence electrons. The molecule has 0 amide bonds. The Bertz CT molecular complexity index is 719. The van der Waals surface area contributed by atoms with Crippen LogP contribution in [0.1, 0.15) is 31.8 Å². The normalized spacial score (nSPS) is 10.2. The molecular formula is C16H14O5. The van der Waals surface area contributed by atoms with Crippen molar-refractivity contribution in [1.82, 2.24) is 0 Å². The first-order valence-electron chi connectivity index (χ1n) is 6.25. The van der Waals surface area contributed by atoms with Crippen LogP contribution in [0.3, 0.4) is 0 Å². The smallest absolute Gasteiger partial charge is 0.336 e. The van der Waals surface area contributed by atoms with Crippen molar-refractivity contribution in [2.24, 2.45) is 0 Å². The van der Waals surface area contributed by atoms with Crippen molar-refractivity contribution < 1.29 is 24.5 Å². The summed E-state index contributed by atoms with van der Waals surface area (Å²) in [6, 6.07) is 9.44. The van der Waals surface area contributed by atoms with Crippen LogP contribution in [0.15, 0.2) is 36.4 Å². The fourth-order valence-corrected chi connectivity index (χ4v) is 1.91. The van der Waals surface area contributed by atoms with Gasteiger partial charge in [-0.05, 0) is 49.2 Å². The summed E-state index contributed by atoms with van der Waals surface area (Å²) >= 11 is 0. The van der Waals surface area contributed by atoms with E-state index in [1.54, 1.807) is 6.07 Å². The lowest BCUT2D eigenvalue weighted by molar-refractivity contribution is 0.0651. The Morgan fingerprint density at radius 1 is 0.952 bits per heavy atom. The molecule has 2 N–H and O–H groups in total. The number of ether oxygens (including phenoxy) is 1. The number of carboxylic acid groups (broad SMARTS) is 2. The maximum absolute atomic E-state index is 11.1. The second-order valence-electron chi connectivity index (χ2n) is 4.62. The maximum Gasteiger partial charge on any atom is 0.336 e. The molecule has 0 spiro atoms. The van der Waals surface area contributed by atoms with Gasteiger partial charge >= 0.3 is 11.9 Å². The first-order valence-corrected chi connectivity index (χ1v) is 6.25. The SMILES string of the molecule is Cc1cccc(Oc2ccc(C(=O)O)c(C(=O)O)c2)c1C. The standard InChI is InChI=1S/C16H14O5/c1-9-4-3-5-14(10(9)2)21-11-6-7-12(15(17)18)13(8-11)16(19)20/h3-8H,1-2H3,(H,17,18)(H,19,20). The first-order chi connectivity index (χ1) is 9.90. The van der Waals surface area contributed by atoms with E-state index in [0.29, 0.717) is 5.75 Å². The minimum absolute atomic E-state index is 0.268. The number of carbonyl (C=O) groups is 2. The summed E-state index contributed by atoms with van der Waals surface area (Å²) in [5.41, 5.74) is 1.42. The molecule has 0 saturated carbocycles. The highest BCUT2D eigenvalue weighted by molar-refractivity contribution is 6.02. The highest BCUT2D eigenvalue weighted by atomic mass is 16.5. The van der Waals surface area contributed by atoms with Crippen molar-refractivity contribution in [3.8, 4) is 11.5 Å². The predicted molar refractivity (Wildman–Crippen MR) is 76.4 cm³/mol. The van der Waals surface area contributed by atoms with Gasteiger partial charge in [0.15, 0.2) is 0 Å². The van der Waals surface area contributed by atoms with E-state index in [-0.39, 0.29) is 16.9 Å². The summed E-state index contributed by atoms with van der Waals surface area (Å²) in [6.45, 7) is 3.84. The molecule has 5 nitrogen and oxygen atoms in total. The van der Waals surface area contributed by atoms with Gasteiger partial charge in [0.2, 0.25) is 0 Å². The van der Waals surface area contributed by atoms with E-state index in [0.717, 1.165) is 11.1 Å². The van der Waals surface area contributed by atoms with Crippen LogP contribution in [-0.4, -0.2) is 22.2 Å². The number of rotatable bonds is 4. The van der Waals surface area contributed by atoms with Crippen molar-refractivity contribution in [2.75, 3.05) is 0 Å². The highest BCUT2D eigenvalue weighted by Crippen LogP contribution is 2.28. The second-order valence-corrected chi connectivity index (χ2v) is 4.62. The number of hydrogen-bond acceptors (Lipinski definition) is 3. The van der Waals surface area contributed by atoms with Crippen molar-refractivity contribution in [1.29, 1.82) is 0 Å². The van der Waals surface area contributed by atoms with E-state index in [2.05, 4.69) is 0 Å². The predicted octanol–water partition coefficient (Wildman–Crippen LogP) is 3.49. The first kappa shape index (κ1) is 14.6. The third kappa shape index (κ3) is 3.02. The molecule has 0 aliphatic heterocycles. The van der Waals surface area contributed by atoms with E-state index in [4.69, 9.17) is 14.9 Å². The van der Waals surface area contributed by atoms with Crippen LogP contribution in [0.4, 0.5) is 0 Å². The molecule has 0 aliphatic rings. The number of hydrogen-bond donors (Lipinski definition) is 2. The Kier molecular flexibility index (Phi) is 3.93. The van der Waals surface area contributed by atoms with Gasteiger partial charge in [-0.15, -0.1) is 0 Å². The zero-order valence-corrected chi connectivity index (χ0v) is 11.6. The molecule has 0 saturated heterocycles. The van der Waals surface area contributed by atoms with Gasteiger partial charge in [-0.25, -0.2) is 9.59 Å². The average molecular weight is 286 g/mol. The topological polar surface area (TPSA) is 83.8 Å². The Balaban J connectivity index is 2.42. The quantitative estimate of drug-likeness (QED) is 0.898. The second kappa shape index (κ2) is 5.66. The molecule has 2 rings (SSSR count). The van der Waals surface area contributed by atoms with E-state index >= 15 is 0 Å². The molecule has 0 fully saturated rings. The largest absolute Gasteiger partial charge is 0.478 e. The number of carboxylic acids is 2. The van der Waals surface area contributed by atoms with Crippen LogP contribution in [0.2, 0.25) is 0 Å². The minimum atomic E-state index is -1.31. The number of aryl methyl sites for hydroxylation is 1. The van der Waals surface area contributed by atoms with Gasteiger partial charge in [0.25, 0.3) is 0 Å². The van der Waals surface area contributed by atoms with Crippen LogP contribution in [0.25, 0.3) is 0 Å². The Hall–Kier alpha value is -2.82. The Morgan fingerprint density at radius 3 is 2.24 bits per heavy atom. The molecule has 21 heavy (non-hydrogen) atoms. The molecular weight excluding hydrogens is 272 g/mol. The van der Waals surface area contributed by atoms with Gasteiger partial charge in [-0.1, -0.05) is 12.1 Å². The van der Waals surface area contributed by atoms with Gasteiger partial charge < -0.3 is 14.9 Å². The molecule has 0 aliphatic carbocycles. The summed E-state index contributed by atoms with van der Waals surface area (Å²) in [7, 11) is 0. The van der Waals surface area contributed by atoms with Crippen molar-refractivity contribution in [3.05, 3.63) is 58.7 Å². The zero-order valence-electron chi connectivity index (χ0n) is 11.6. The monoisotopic (exact) mass is 286 g/mol. The molecule has 0 radical (unpaired) electrons. The fourth-order valence-electron chi connectivity index (χ4n) is 1.91. The van der Waals surface area contributed by atoms with Crippen LogP contribution in [0.5, 0.6) is 11.5 Å². The van der Waals surface area contributed by atoms with Crippen molar-refractivity contribution in [3.63, 3.8) is 0 Å². The number of aromatic carboxylic acids is 2. The summed E-state index contributed by atoms with van der Waals surface area (Å²) in [4.78, 5) is 22.1. The minimum Gasteiger partial charge on any atom is -0.478 e. The summed E-state index contributed by atoms with van der Waals surface area (Å²) in [5.74, 6) is -1.70. The maximum atomic E-state index is 11.1. The van der Waals surface area contributed by atoms with Crippen LogP contribution < -0.4 is 4.74 Å². The third-order valence-electron chi connectivity index (χ3n) is 3.23. The Morgan fingerprint density at radius 2 is 1.62 bits per heavy atom. The number of benzene rings is 2. The van der Waals surface area contributed by atoms with Gasteiger partial charge in [0.1, 0.15) is 11.5 Å². The van der Waals surface area contributed by atoms with E-state index in [9.17, 15) is 9.59 Å². The van der Waals surface area contributed by atoms with Crippen molar-refractivity contribution >= 4 is 11.9 Å². The van der Waals surface area contributed by atoms with Gasteiger partial charge in [0, 0.05) is 0 Å². The molecule has 2 aromatic rings. The van der Waals surface area contributed by atoms with E-state index in [1.165, 1.54) is 18.2 Å². The molecule has 0 bridgehead atoms. The highest BCUT2D eigenvalue weighted by Gasteiger charge is 2.17. The van der Waals surface area contributed by atoms with E-state index < -0.39 is 11.9 Å². The summed E-state index contributed by atoms with van der Waals surface area (Å²) < 4.78 is 5.66. The third-order valence-corrected chi connectivity index (χ3v) is 3.23. The van der Waals surface area contributed by atoms with Gasteiger partial charge in [-0.2, -0.15) is 0 Å².